The summed E-state index contributed by atoms with van der Waals surface area (Å²) >= 11 is 1.42. The van der Waals surface area contributed by atoms with Gasteiger partial charge in [0, 0.05) is 11.3 Å². The molecular weight excluding hydrogens is 354 g/mol. The molecule has 1 aliphatic carbocycles. The normalized spacial score (nSPS) is 17.2. The molecule has 1 aliphatic rings. The summed E-state index contributed by atoms with van der Waals surface area (Å²) in [6.45, 7) is 7.61. The van der Waals surface area contributed by atoms with Crippen LogP contribution in [0.5, 0.6) is 0 Å². The molecule has 0 saturated heterocycles. The lowest BCUT2D eigenvalue weighted by Gasteiger charge is -2.18. The van der Waals surface area contributed by atoms with Gasteiger partial charge in [-0.3, -0.25) is 9.59 Å². The zero-order valence-corrected chi connectivity index (χ0v) is 16.7. The van der Waals surface area contributed by atoms with Crippen LogP contribution in [0.25, 0.3) is 0 Å². The van der Waals surface area contributed by atoms with Crippen LogP contribution in [0.3, 0.4) is 0 Å². The van der Waals surface area contributed by atoms with E-state index in [9.17, 15) is 14.4 Å². The SMILES string of the molecule is CCCC(=O)OC(C)C(=O)Nc1sc2c(c1C(=O)OCC)CCC(C)C2. The molecule has 0 radical (unpaired) electrons. The number of nitrogens with one attached hydrogen (secondary N) is 1. The van der Waals surface area contributed by atoms with Crippen LogP contribution in [0.4, 0.5) is 5.00 Å². The van der Waals surface area contributed by atoms with E-state index in [4.69, 9.17) is 9.47 Å². The molecule has 0 aromatic carbocycles. The first-order valence-electron chi connectivity index (χ1n) is 9.19. The maximum absolute atomic E-state index is 12.4. The molecule has 1 aromatic rings. The summed E-state index contributed by atoms with van der Waals surface area (Å²) in [6, 6.07) is 0. The van der Waals surface area contributed by atoms with E-state index >= 15 is 0 Å². The highest BCUT2D eigenvalue weighted by atomic mass is 32.1. The Morgan fingerprint density at radius 1 is 1.31 bits per heavy atom. The van der Waals surface area contributed by atoms with Crippen molar-refractivity contribution in [1.82, 2.24) is 0 Å². The molecule has 1 aromatic heterocycles. The summed E-state index contributed by atoms with van der Waals surface area (Å²) in [5, 5.41) is 3.26. The molecular formula is C19H27NO5S. The highest BCUT2D eigenvalue weighted by molar-refractivity contribution is 7.17. The van der Waals surface area contributed by atoms with Crippen molar-refractivity contribution in [3.8, 4) is 0 Å². The van der Waals surface area contributed by atoms with E-state index in [0.717, 1.165) is 29.7 Å². The second-order valence-electron chi connectivity index (χ2n) is 6.65. The average Bonchev–Trinajstić information content (AvgIpc) is 2.91. The van der Waals surface area contributed by atoms with Gasteiger partial charge in [-0.1, -0.05) is 13.8 Å². The minimum Gasteiger partial charge on any atom is -0.462 e. The zero-order valence-electron chi connectivity index (χ0n) is 15.8. The fourth-order valence-corrected chi connectivity index (χ4v) is 4.39. The molecule has 0 spiro atoms. The molecule has 1 N–H and O–H groups in total. The van der Waals surface area contributed by atoms with Crippen LogP contribution in [0.2, 0.25) is 0 Å². The molecule has 7 heteroatoms. The monoisotopic (exact) mass is 381 g/mol. The molecule has 2 unspecified atom stereocenters. The van der Waals surface area contributed by atoms with Crippen LogP contribution >= 0.6 is 11.3 Å². The standard InChI is InChI=1S/C19H27NO5S/c1-5-7-15(21)25-12(4)17(22)20-18-16(19(23)24-6-2)13-9-8-11(3)10-14(13)26-18/h11-12H,5-10H2,1-4H3,(H,20,22). The van der Waals surface area contributed by atoms with E-state index in [2.05, 4.69) is 12.2 Å². The molecule has 2 atom stereocenters. The van der Waals surface area contributed by atoms with Gasteiger partial charge in [-0.05, 0) is 51.0 Å². The summed E-state index contributed by atoms with van der Waals surface area (Å²) in [7, 11) is 0. The van der Waals surface area contributed by atoms with Gasteiger partial charge in [0.2, 0.25) is 0 Å². The quantitative estimate of drug-likeness (QED) is 0.728. The Labute approximate surface area is 158 Å². The molecule has 26 heavy (non-hydrogen) atoms. The summed E-state index contributed by atoms with van der Waals surface area (Å²) < 4.78 is 10.3. The Bertz CT molecular complexity index is 682. The topological polar surface area (TPSA) is 81.7 Å². The summed E-state index contributed by atoms with van der Waals surface area (Å²) in [5.74, 6) is -0.703. The van der Waals surface area contributed by atoms with Crippen LogP contribution in [0, 0.1) is 5.92 Å². The Hall–Kier alpha value is -1.89. The summed E-state index contributed by atoms with van der Waals surface area (Å²) in [6.07, 6.45) is 2.73. The van der Waals surface area contributed by atoms with E-state index in [1.54, 1.807) is 6.92 Å². The highest BCUT2D eigenvalue weighted by Crippen LogP contribution is 2.40. The summed E-state index contributed by atoms with van der Waals surface area (Å²) in [5.41, 5.74) is 1.44. The van der Waals surface area contributed by atoms with E-state index in [-0.39, 0.29) is 13.0 Å². The number of esters is 2. The van der Waals surface area contributed by atoms with Crippen LogP contribution in [-0.2, 0) is 31.9 Å². The van der Waals surface area contributed by atoms with Gasteiger partial charge in [-0.25, -0.2) is 4.79 Å². The van der Waals surface area contributed by atoms with Crippen LogP contribution in [-0.4, -0.2) is 30.6 Å². The maximum atomic E-state index is 12.4. The molecule has 144 valence electrons. The van der Waals surface area contributed by atoms with Gasteiger partial charge in [0.25, 0.3) is 5.91 Å². The lowest BCUT2D eigenvalue weighted by molar-refractivity contribution is -0.153. The van der Waals surface area contributed by atoms with Gasteiger partial charge in [-0.2, -0.15) is 0 Å². The van der Waals surface area contributed by atoms with E-state index < -0.39 is 23.9 Å². The number of hydrogen-bond acceptors (Lipinski definition) is 6. The van der Waals surface area contributed by atoms with Crippen molar-refractivity contribution < 1.29 is 23.9 Å². The fourth-order valence-electron chi connectivity index (χ4n) is 2.99. The van der Waals surface area contributed by atoms with Gasteiger partial charge in [-0.15, -0.1) is 11.3 Å². The lowest BCUT2D eigenvalue weighted by atomic mass is 9.88. The van der Waals surface area contributed by atoms with Gasteiger partial charge in [0.05, 0.1) is 12.2 Å². The smallest absolute Gasteiger partial charge is 0.341 e. The van der Waals surface area contributed by atoms with Crippen LogP contribution in [0.1, 0.15) is 67.8 Å². The molecule has 0 saturated carbocycles. The molecule has 6 nitrogen and oxygen atoms in total. The highest BCUT2D eigenvalue weighted by Gasteiger charge is 2.30. The second-order valence-corrected chi connectivity index (χ2v) is 7.75. The van der Waals surface area contributed by atoms with Crippen molar-refractivity contribution in [1.29, 1.82) is 0 Å². The van der Waals surface area contributed by atoms with Crippen LogP contribution < -0.4 is 5.32 Å². The predicted octanol–water partition coefficient (Wildman–Crippen LogP) is 3.72. The minimum absolute atomic E-state index is 0.275. The van der Waals surface area contributed by atoms with E-state index in [1.807, 2.05) is 6.92 Å². The molecule has 2 rings (SSSR count). The zero-order chi connectivity index (χ0) is 19.3. The Balaban J connectivity index is 2.21. The first kappa shape index (κ1) is 20.4. The molecule has 0 fully saturated rings. The first-order chi connectivity index (χ1) is 12.4. The van der Waals surface area contributed by atoms with Gasteiger partial charge in [0.1, 0.15) is 5.00 Å². The third kappa shape index (κ3) is 4.84. The number of carbonyl (C=O) groups is 3. The van der Waals surface area contributed by atoms with Gasteiger partial charge < -0.3 is 14.8 Å². The third-order valence-corrected chi connectivity index (χ3v) is 5.53. The van der Waals surface area contributed by atoms with Gasteiger partial charge >= 0.3 is 11.9 Å². The Morgan fingerprint density at radius 3 is 2.69 bits per heavy atom. The van der Waals surface area contributed by atoms with Crippen molar-refractivity contribution in [3.05, 3.63) is 16.0 Å². The molecule has 0 bridgehead atoms. The average molecular weight is 381 g/mol. The number of amides is 1. The number of anilines is 1. The fraction of sp³-hybridized carbons (Fsp3) is 0.632. The van der Waals surface area contributed by atoms with Crippen molar-refractivity contribution in [2.24, 2.45) is 5.92 Å². The van der Waals surface area contributed by atoms with Crippen LogP contribution in [0.15, 0.2) is 0 Å². The molecule has 1 amide bonds. The number of rotatable bonds is 7. The summed E-state index contributed by atoms with van der Waals surface area (Å²) in [4.78, 5) is 37.6. The minimum atomic E-state index is -0.915. The van der Waals surface area contributed by atoms with E-state index in [1.165, 1.54) is 18.3 Å². The van der Waals surface area contributed by atoms with E-state index in [0.29, 0.717) is 22.9 Å². The molecule has 1 heterocycles. The van der Waals surface area contributed by atoms with Crippen molar-refractivity contribution in [3.63, 3.8) is 0 Å². The second kappa shape index (κ2) is 9.16. The number of hydrogen-bond donors (Lipinski definition) is 1. The number of thiophene rings is 1. The number of carbonyl (C=O) groups excluding carboxylic acids is 3. The first-order valence-corrected chi connectivity index (χ1v) is 10.0. The largest absolute Gasteiger partial charge is 0.462 e. The lowest BCUT2D eigenvalue weighted by Crippen LogP contribution is -2.30. The molecule has 0 aliphatic heterocycles. The maximum Gasteiger partial charge on any atom is 0.341 e. The van der Waals surface area contributed by atoms with Crippen molar-refractivity contribution in [2.75, 3.05) is 11.9 Å². The number of ether oxygens (including phenoxy) is 2. The van der Waals surface area contributed by atoms with Gasteiger partial charge in [0.15, 0.2) is 6.10 Å². The number of fused-ring (bicyclic) bond motifs is 1. The third-order valence-electron chi connectivity index (χ3n) is 4.36. The Morgan fingerprint density at radius 2 is 2.04 bits per heavy atom. The van der Waals surface area contributed by atoms with Crippen molar-refractivity contribution in [2.45, 2.75) is 65.9 Å². The van der Waals surface area contributed by atoms with Crippen molar-refractivity contribution >= 4 is 34.2 Å². The Kier molecular flexibility index (Phi) is 7.20. The predicted molar refractivity (Wildman–Crippen MR) is 101 cm³/mol.